The van der Waals surface area contributed by atoms with Crippen molar-refractivity contribution in [1.82, 2.24) is 0 Å². The fourth-order valence-electron chi connectivity index (χ4n) is 0.606. The van der Waals surface area contributed by atoms with Crippen molar-refractivity contribution in [2.24, 2.45) is 0 Å². The van der Waals surface area contributed by atoms with Gasteiger partial charge in [0.25, 0.3) is 0 Å². The lowest BCUT2D eigenvalue weighted by Gasteiger charge is -1.88. The molecule has 0 aliphatic rings. The second-order valence-electron chi connectivity index (χ2n) is 1.87. The molecule has 0 N–H and O–H groups in total. The first-order valence-corrected chi connectivity index (χ1v) is 6.29. The Morgan fingerprint density at radius 2 is 1.82 bits per heavy atom. The maximum absolute atomic E-state index is 5.64. The van der Waals surface area contributed by atoms with Crippen LogP contribution in [0.15, 0.2) is 24.3 Å². The molecule has 0 atom stereocenters. The molecule has 0 saturated carbocycles. The van der Waals surface area contributed by atoms with Crippen molar-refractivity contribution in [3.05, 3.63) is 34.9 Å². The summed E-state index contributed by atoms with van der Waals surface area (Å²) < 4.78 is 0. The summed E-state index contributed by atoms with van der Waals surface area (Å²) in [6.07, 6.45) is 0. The second-order valence-corrected chi connectivity index (χ2v) is 4.16. The molecule has 0 radical (unpaired) electrons. The summed E-state index contributed by atoms with van der Waals surface area (Å²) in [5, 5.41) is 0.810. The predicted octanol–water partition coefficient (Wildman–Crippen LogP) is 4.62. The van der Waals surface area contributed by atoms with Crippen LogP contribution in [0.5, 0.6) is 0 Å². The first-order valence-electron chi connectivity index (χ1n) is 2.89. The zero-order valence-electron chi connectivity index (χ0n) is 5.94. The minimum absolute atomic E-state index is 0.0278. The molecular weight excluding hydrogens is 221 g/mol. The van der Waals surface area contributed by atoms with E-state index in [-0.39, 0.29) is 7.29 Å². The van der Waals surface area contributed by atoms with Gasteiger partial charge in [0.05, 0.1) is 7.29 Å². The Morgan fingerprint density at radius 1 is 1.27 bits per heavy atom. The van der Waals surface area contributed by atoms with Gasteiger partial charge >= 0.3 is 0 Å². The Bertz CT molecular complexity index is 185. The Morgan fingerprint density at radius 3 is 2.09 bits per heavy atom. The first-order chi connectivity index (χ1) is 5.20. The largest absolute Gasteiger partial charge is 0.0843 e. The highest BCUT2D eigenvalue weighted by Crippen LogP contribution is 2.19. The van der Waals surface area contributed by atoms with Crippen LogP contribution in [0.2, 0.25) is 5.02 Å². The van der Waals surface area contributed by atoms with Crippen LogP contribution in [0.4, 0.5) is 0 Å². The van der Waals surface area contributed by atoms with E-state index in [2.05, 4.69) is 0 Å². The van der Waals surface area contributed by atoms with Gasteiger partial charge in [-0.1, -0.05) is 46.2 Å². The van der Waals surface area contributed by atoms with Gasteiger partial charge in [-0.3, -0.25) is 0 Å². The normalized spacial score (nSPS) is 8.36. The Hall–Kier alpha value is 0.520. The van der Waals surface area contributed by atoms with E-state index in [0.717, 1.165) is 5.02 Å². The standard InChI is InChI=1S/C7H7Cl.Cl2HP/c1-6-3-2-4-7(8)5-6;1-3-2/h2-5H,1H3;3H. The molecule has 0 amide bonds. The van der Waals surface area contributed by atoms with Crippen LogP contribution >= 0.6 is 41.4 Å². The lowest BCUT2D eigenvalue weighted by atomic mass is 10.2. The minimum atomic E-state index is 0.0278. The summed E-state index contributed by atoms with van der Waals surface area (Å²) in [5.74, 6) is 0. The monoisotopic (exact) mass is 228 g/mol. The van der Waals surface area contributed by atoms with Crippen molar-refractivity contribution in [1.29, 1.82) is 0 Å². The van der Waals surface area contributed by atoms with E-state index >= 15 is 0 Å². The molecule has 0 aliphatic heterocycles. The lowest BCUT2D eigenvalue weighted by molar-refractivity contribution is 1.47. The molecular formula is C7H8Cl3P. The zero-order valence-corrected chi connectivity index (χ0v) is 9.21. The van der Waals surface area contributed by atoms with Crippen molar-refractivity contribution >= 4 is 41.4 Å². The van der Waals surface area contributed by atoms with Gasteiger partial charge in [-0.2, -0.15) is 0 Å². The molecule has 4 heteroatoms. The van der Waals surface area contributed by atoms with E-state index < -0.39 is 0 Å². The highest BCUT2D eigenvalue weighted by Gasteiger charge is 1.82. The van der Waals surface area contributed by atoms with Crippen molar-refractivity contribution in [2.75, 3.05) is 0 Å². The van der Waals surface area contributed by atoms with Gasteiger partial charge in [-0.15, -0.1) is 0 Å². The summed E-state index contributed by atoms with van der Waals surface area (Å²) in [4.78, 5) is 0. The van der Waals surface area contributed by atoms with E-state index in [0.29, 0.717) is 0 Å². The molecule has 11 heavy (non-hydrogen) atoms. The summed E-state index contributed by atoms with van der Waals surface area (Å²) in [5.41, 5.74) is 1.21. The van der Waals surface area contributed by atoms with Crippen molar-refractivity contribution in [2.45, 2.75) is 6.92 Å². The predicted molar refractivity (Wildman–Crippen MR) is 56.2 cm³/mol. The van der Waals surface area contributed by atoms with Crippen molar-refractivity contribution in [3.8, 4) is 0 Å². The van der Waals surface area contributed by atoms with E-state index in [4.69, 9.17) is 34.1 Å². The van der Waals surface area contributed by atoms with Crippen LogP contribution in [-0.4, -0.2) is 0 Å². The SMILES string of the molecule is Cc1cccc(Cl)c1.ClPCl. The number of aryl methyl sites for hydroxylation is 1. The Balaban J connectivity index is 0.000000292. The number of rotatable bonds is 0. The third-order valence-corrected chi connectivity index (χ3v) is 1.22. The molecule has 62 valence electrons. The van der Waals surface area contributed by atoms with Crippen LogP contribution in [0.25, 0.3) is 0 Å². The maximum Gasteiger partial charge on any atom is 0.0713 e. The van der Waals surface area contributed by atoms with Crippen LogP contribution in [0, 0.1) is 6.92 Å². The second kappa shape index (κ2) is 7.18. The maximum atomic E-state index is 5.64. The van der Waals surface area contributed by atoms with Crippen LogP contribution < -0.4 is 0 Å². The summed E-state index contributed by atoms with van der Waals surface area (Å²) in [6.45, 7) is 2.02. The van der Waals surface area contributed by atoms with E-state index in [1.807, 2.05) is 31.2 Å². The van der Waals surface area contributed by atoms with E-state index in [1.165, 1.54) is 5.56 Å². The van der Waals surface area contributed by atoms with Crippen LogP contribution in [0.3, 0.4) is 0 Å². The van der Waals surface area contributed by atoms with Gasteiger partial charge < -0.3 is 0 Å². The molecule has 1 rings (SSSR count). The zero-order chi connectivity index (χ0) is 8.69. The van der Waals surface area contributed by atoms with E-state index in [9.17, 15) is 0 Å². The third-order valence-electron chi connectivity index (χ3n) is 0.980. The highest BCUT2D eigenvalue weighted by atomic mass is 35.9. The molecule has 0 bridgehead atoms. The number of halogens is 3. The molecule has 1 aromatic carbocycles. The van der Waals surface area contributed by atoms with Crippen molar-refractivity contribution in [3.63, 3.8) is 0 Å². The number of hydrogen-bond donors (Lipinski definition) is 0. The number of benzene rings is 1. The molecule has 0 aliphatic carbocycles. The topological polar surface area (TPSA) is 0 Å². The van der Waals surface area contributed by atoms with Gasteiger partial charge in [0.1, 0.15) is 0 Å². The Kier molecular flexibility index (Phi) is 7.52. The lowest BCUT2D eigenvalue weighted by Crippen LogP contribution is -1.66. The molecule has 0 heterocycles. The molecule has 1 aromatic rings. The van der Waals surface area contributed by atoms with Gasteiger partial charge in [0.2, 0.25) is 0 Å². The van der Waals surface area contributed by atoms with Crippen LogP contribution in [0.1, 0.15) is 5.56 Å². The average molecular weight is 229 g/mol. The van der Waals surface area contributed by atoms with Gasteiger partial charge in [0, 0.05) is 5.02 Å². The van der Waals surface area contributed by atoms with Gasteiger partial charge in [0.15, 0.2) is 0 Å². The summed E-state index contributed by atoms with van der Waals surface area (Å²) >= 11 is 15.2. The molecule has 0 saturated heterocycles. The Labute approximate surface area is 83.2 Å². The highest BCUT2D eigenvalue weighted by molar-refractivity contribution is 7.90. The quantitative estimate of drug-likeness (QED) is 0.569. The van der Waals surface area contributed by atoms with Gasteiger partial charge in [-0.25, -0.2) is 0 Å². The van der Waals surface area contributed by atoms with Crippen molar-refractivity contribution < 1.29 is 0 Å². The fourth-order valence-corrected chi connectivity index (χ4v) is 0.850. The smallest absolute Gasteiger partial charge is 0.0713 e. The third kappa shape index (κ3) is 6.90. The molecule has 0 nitrogen and oxygen atoms in total. The molecule has 0 aromatic heterocycles. The summed E-state index contributed by atoms with van der Waals surface area (Å²) in [7, 11) is 0.0278. The molecule has 0 spiro atoms. The molecule has 0 unspecified atom stereocenters. The minimum Gasteiger partial charge on any atom is -0.0843 e. The fraction of sp³-hybridized carbons (Fsp3) is 0.143. The average Bonchev–Trinajstić information content (AvgIpc) is 1.88. The van der Waals surface area contributed by atoms with Crippen LogP contribution in [-0.2, 0) is 0 Å². The first kappa shape index (κ1) is 11.5. The summed E-state index contributed by atoms with van der Waals surface area (Å²) in [6, 6.07) is 7.76. The number of hydrogen-bond acceptors (Lipinski definition) is 0. The van der Waals surface area contributed by atoms with E-state index in [1.54, 1.807) is 0 Å². The molecule has 0 fully saturated rings. The van der Waals surface area contributed by atoms with Gasteiger partial charge in [-0.05, 0) is 24.6 Å².